The molecule has 102 valence electrons. The van der Waals surface area contributed by atoms with Crippen LogP contribution in [0.3, 0.4) is 0 Å². The van der Waals surface area contributed by atoms with Crippen molar-refractivity contribution in [3.63, 3.8) is 0 Å². The molecule has 0 amide bonds. The minimum Gasteiger partial charge on any atom is -0.466 e. The quantitative estimate of drug-likeness (QED) is 0.562. The Morgan fingerprint density at radius 1 is 1.33 bits per heavy atom. The number of hydrogen-bond donors (Lipinski definition) is 0. The number of esters is 1. The predicted molar refractivity (Wildman–Crippen MR) is 62.9 cm³/mol. The van der Waals surface area contributed by atoms with E-state index in [1.54, 1.807) is 6.92 Å². The van der Waals surface area contributed by atoms with Gasteiger partial charge in [-0.3, -0.25) is 4.79 Å². The van der Waals surface area contributed by atoms with Gasteiger partial charge in [-0.15, -0.1) is 0 Å². The second-order valence-electron chi connectivity index (χ2n) is 5.01. The Morgan fingerprint density at radius 3 is 2.67 bits per heavy atom. The summed E-state index contributed by atoms with van der Waals surface area (Å²) < 4.78 is 16.5. The van der Waals surface area contributed by atoms with Gasteiger partial charge in [0.05, 0.1) is 25.2 Å². The van der Waals surface area contributed by atoms with E-state index in [-0.39, 0.29) is 12.4 Å². The molecule has 0 aromatic heterocycles. The third kappa shape index (κ3) is 2.42. The van der Waals surface area contributed by atoms with Crippen molar-refractivity contribution >= 4 is 12.3 Å². The number of hydrogen-bond acceptors (Lipinski definition) is 5. The molecule has 0 N–H and O–H groups in total. The van der Waals surface area contributed by atoms with Crippen molar-refractivity contribution in [2.75, 3.05) is 19.8 Å². The summed E-state index contributed by atoms with van der Waals surface area (Å²) in [6.07, 6.45) is 3.67. The van der Waals surface area contributed by atoms with E-state index in [1.165, 1.54) is 0 Å². The first-order valence-corrected chi connectivity index (χ1v) is 6.55. The Kier molecular flexibility index (Phi) is 4.02. The first-order chi connectivity index (χ1) is 8.66. The molecule has 1 saturated carbocycles. The third-order valence-electron chi connectivity index (χ3n) is 3.82. The second-order valence-corrected chi connectivity index (χ2v) is 5.01. The molecule has 5 heteroatoms. The molecule has 0 bridgehead atoms. The topological polar surface area (TPSA) is 61.8 Å². The van der Waals surface area contributed by atoms with Crippen LogP contribution in [-0.4, -0.2) is 37.9 Å². The van der Waals surface area contributed by atoms with Crippen LogP contribution in [0.15, 0.2) is 0 Å². The average molecular weight is 256 g/mol. The normalized spacial score (nSPS) is 30.3. The van der Waals surface area contributed by atoms with Crippen LogP contribution in [0, 0.1) is 5.41 Å². The molecule has 1 saturated heterocycles. The molecule has 5 nitrogen and oxygen atoms in total. The van der Waals surface area contributed by atoms with Crippen LogP contribution in [0.25, 0.3) is 0 Å². The van der Waals surface area contributed by atoms with Crippen LogP contribution < -0.4 is 0 Å². The van der Waals surface area contributed by atoms with Crippen LogP contribution in [0.5, 0.6) is 0 Å². The molecular formula is C13H20O5. The third-order valence-corrected chi connectivity index (χ3v) is 3.82. The van der Waals surface area contributed by atoms with E-state index >= 15 is 0 Å². The second kappa shape index (κ2) is 5.36. The minimum absolute atomic E-state index is 0.181. The summed E-state index contributed by atoms with van der Waals surface area (Å²) >= 11 is 0. The van der Waals surface area contributed by atoms with Gasteiger partial charge < -0.3 is 19.0 Å². The molecule has 18 heavy (non-hydrogen) atoms. The molecule has 1 atom stereocenters. The highest BCUT2D eigenvalue weighted by Crippen LogP contribution is 2.48. The van der Waals surface area contributed by atoms with Crippen LogP contribution >= 0.6 is 0 Å². The van der Waals surface area contributed by atoms with Gasteiger partial charge in [0, 0.05) is 19.3 Å². The molecule has 0 aromatic carbocycles. The standard InChI is InChI=1S/C13H20O5/c1-2-16-11(15)12(6-7-14)4-3-5-13(10-12)17-8-9-18-13/h7H,2-6,8-10H2,1H3. The van der Waals surface area contributed by atoms with Crippen molar-refractivity contribution in [1.29, 1.82) is 0 Å². The molecule has 1 heterocycles. The summed E-state index contributed by atoms with van der Waals surface area (Å²) in [5.74, 6) is -0.969. The van der Waals surface area contributed by atoms with Crippen molar-refractivity contribution in [3.05, 3.63) is 0 Å². The Bertz CT molecular complexity index is 321. The largest absolute Gasteiger partial charge is 0.466 e. The van der Waals surface area contributed by atoms with Crippen molar-refractivity contribution < 1.29 is 23.8 Å². The van der Waals surface area contributed by atoms with Crippen LogP contribution in [0.4, 0.5) is 0 Å². The van der Waals surface area contributed by atoms with Gasteiger partial charge in [-0.1, -0.05) is 0 Å². The maximum Gasteiger partial charge on any atom is 0.312 e. The molecule has 2 aliphatic rings. The molecule has 1 spiro atoms. The fraction of sp³-hybridized carbons (Fsp3) is 0.846. The molecule has 1 unspecified atom stereocenters. The fourth-order valence-electron chi connectivity index (χ4n) is 3.01. The summed E-state index contributed by atoms with van der Waals surface area (Å²) in [4.78, 5) is 23.1. The van der Waals surface area contributed by atoms with Gasteiger partial charge >= 0.3 is 5.97 Å². The van der Waals surface area contributed by atoms with E-state index in [4.69, 9.17) is 14.2 Å². The molecule has 2 rings (SSSR count). The van der Waals surface area contributed by atoms with Gasteiger partial charge in [0.15, 0.2) is 5.79 Å². The van der Waals surface area contributed by atoms with E-state index in [1.807, 2.05) is 0 Å². The number of ether oxygens (including phenoxy) is 3. The smallest absolute Gasteiger partial charge is 0.312 e. The Hall–Kier alpha value is -0.940. The highest BCUT2D eigenvalue weighted by Gasteiger charge is 2.52. The van der Waals surface area contributed by atoms with Crippen molar-refractivity contribution in [1.82, 2.24) is 0 Å². The van der Waals surface area contributed by atoms with E-state index in [0.717, 1.165) is 19.1 Å². The summed E-state index contributed by atoms with van der Waals surface area (Å²) in [5.41, 5.74) is -0.764. The highest BCUT2D eigenvalue weighted by molar-refractivity contribution is 5.80. The Morgan fingerprint density at radius 2 is 2.06 bits per heavy atom. The van der Waals surface area contributed by atoms with E-state index in [0.29, 0.717) is 32.7 Å². The molecule has 2 fully saturated rings. The molecule has 0 aromatic rings. The van der Waals surface area contributed by atoms with Gasteiger partial charge in [-0.2, -0.15) is 0 Å². The van der Waals surface area contributed by atoms with Gasteiger partial charge in [-0.25, -0.2) is 0 Å². The lowest BCUT2D eigenvalue weighted by molar-refractivity contribution is -0.211. The molecular weight excluding hydrogens is 236 g/mol. The lowest BCUT2D eigenvalue weighted by Gasteiger charge is -2.42. The highest BCUT2D eigenvalue weighted by atomic mass is 16.7. The fourth-order valence-corrected chi connectivity index (χ4v) is 3.01. The zero-order valence-electron chi connectivity index (χ0n) is 10.8. The van der Waals surface area contributed by atoms with E-state index < -0.39 is 11.2 Å². The SMILES string of the molecule is CCOC(=O)C1(CC=O)CCCC2(C1)OCCO2. The first-order valence-electron chi connectivity index (χ1n) is 6.55. The van der Waals surface area contributed by atoms with Crippen molar-refractivity contribution in [3.8, 4) is 0 Å². The van der Waals surface area contributed by atoms with Crippen LogP contribution in [-0.2, 0) is 23.8 Å². The van der Waals surface area contributed by atoms with Gasteiger partial charge in [0.1, 0.15) is 6.29 Å². The Balaban J connectivity index is 2.18. The number of carbonyl (C=O) groups excluding carboxylic acids is 2. The van der Waals surface area contributed by atoms with E-state index in [2.05, 4.69) is 0 Å². The minimum atomic E-state index is -0.764. The number of rotatable bonds is 4. The number of aldehydes is 1. The van der Waals surface area contributed by atoms with Crippen LogP contribution in [0.2, 0.25) is 0 Å². The monoisotopic (exact) mass is 256 g/mol. The Labute approximate surface area is 107 Å². The maximum absolute atomic E-state index is 12.2. The summed E-state index contributed by atoms with van der Waals surface area (Å²) in [6.45, 7) is 3.21. The van der Waals surface area contributed by atoms with Gasteiger partial charge in [0.2, 0.25) is 0 Å². The van der Waals surface area contributed by atoms with Gasteiger partial charge in [0.25, 0.3) is 0 Å². The summed E-state index contributed by atoms with van der Waals surface area (Å²) in [6, 6.07) is 0. The van der Waals surface area contributed by atoms with Crippen LogP contribution in [0.1, 0.15) is 39.0 Å². The van der Waals surface area contributed by atoms with Crippen molar-refractivity contribution in [2.45, 2.75) is 44.8 Å². The predicted octanol–water partition coefficient (Wildman–Crippen LogP) is 1.44. The summed E-state index contributed by atoms with van der Waals surface area (Å²) in [5, 5.41) is 0. The average Bonchev–Trinajstić information content (AvgIpc) is 2.78. The molecule has 0 radical (unpaired) electrons. The van der Waals surface area contributed by atoms with Gasteiger partial charge in [-0.05, 0) is 19.8 Å². The lowest BCUT2D eigenvalue weighted by atomic mass is 9.69. The lowest BCUT2D eigenvalue weighted by Crippen LogP contribution is -2.47. The summed E-state index contributed by atoms with van der Waals surface area (Å²) in [7, 11) is 0. The van der Waals surface area contributed by atoms with Crippen molar-refractivity contribution in [2.24, 2.45) is 5.41 Å². The molecule has 1 aliphatic heterocycles. The zero-order valence-corrected chi connectivity index (χ0v) is 10.8. The number of carbonyl (C=O) groups is 2. The molecule has 1 aliphatic carbocycles. The first kappa shape index (κ1) is 13.5. The zero-order chi connectivity index (χ0) is 13.1. The maximum atomic E-state index is 12.2. The van der Waals surface area contributed by atoms with E-state index in [9.17, 15) is 9.59 Å².